The quantitative estimate of drug-likeness (QED) is 0.753. The molecular formula is C11H15N2O2P. The summed E-state index contributed by atoms with van der Waals surface area (Å²) in [7, 11) is -2.86. The maximum absolute atomic E-state index is 12.6. The van der Waals surface area contributed by atoms with Crippen molar-refractivity contribution in [1.82, 2.24) is 10.2 Å². The third kappa shape index (κ3) is 1.72. The summed E-state index contributed by atoms with van der Waals surface area (Å²) >= 11 is 0. The monoisotopic (exact) mass is 238 g/mol. The molecule has 5 heteroatoms. The molecule has 86 valence electrons. The van der Waals surface area contributed by atoms with E-state index >= 15 is 0 Å². The van der Waals surface area contributed by atoms with Crippen molar-refractivity contribution >= 4 is 12.8 Å². The van der Waals surface area contributed by atoms with Gasteiger partial charge in [0.05, 0.1) is 11.9 Å². The second kappa shape index (κ2) is 3.97. The van der Waals surface area contributed by atoms with E-state index < -0.39 is 7.52 Å². The Kier molecular flexibility index (Phi) is 2.60. The van der Waals surface area contributed by atoms with E-state index in [1.54, 1.807) is 0 Å². The number of hydrogen-bond acceptors (Lipinski definition) is 3. The molecule has 0 radical (unpaired) electrons. The number of fused-ring (bicyclic) bond motifs is 1. The van der Waals surface area contributed by atoms with Gasteiger partial charge in [0.1, 0.15) is 0 Å². The first-order chi connectivity index (χ1) is 7.78. The van der Waals surface area contributed by atoms with Gasteiger partial charge in [-0.3, -0.25) is 4.57 Å². The molecular weight excluding hydrogens is 223 g/mol. The molecule has 1 N–H and O–H groups in total. The van der Waals surface area contributed by atoms with E-state index in [-0.39, 0.29) is 0 Å². The van der Waals surface area contributed by atoms with Gasteiger partial charge >= 0.3 is 7.52 Å². The molecule has 4 nitrogen and oxygen atoms in total. The maximum Gasteiger partial charge on any atom is 0.313 e. The minimum Gasteiger partial charge on any atom is -0.312 e. The average Bonchev–Trinajstić information content (AvgIpc) is 2.77. The van der Waals surface area contributed by atoms with E-state index in [1.807, 2.05) is 30.3 Å². The van der Waals surface area contributed by atoms with E-state index in [1.165, 1.54) is 0 Å². The third-order valence-corrected chi connectivity index (χ3v) is 5.19. The van der Waals surface area contributed by atoms with Gasteiger partial charge in [-0.1, -0.05) is 18.2 Å². The molecule has 0 aromatic heterocycles. The molecule has 2 fully saturated rings. The summed E-state index contributed by atoms with van der Waals surface area (Å²) in [4.78, 5) is 0. The van der Waals surface area contributed by atoms with Gasteiger partial charge < -0.3 is 4.52 Å². The first-order valence-electron chi connectivity index (χ1n) is 5.63. The van der Waals surface area contributed by atoms with E-state index in [4.69, 9.17) is 4.52 Å². The average molecular weight is 238 g/mol. The Labute approximate surface area is 95.1 Å². The highest BCUT2D eigenvalue weighted by Gasteiger charge is 2.39. The Bertz CT molecular complexity index is 423. The van der Waals surface area contributed by atoms with Gasteiger partial charge in [-0.2, -0.15) is 5.20 Å². The molecule has 2 atom stereocenters. The van der Waals surface area contributed by atoms with Crippen LogP contribution >= 0.6 is 7.52 Å². The van der Waals surface area contributed by atoms with Gasteiger partial charge in [-0.25, -0.2) is 5.01 Å². The lowest BCUT2D eigenvalue weighted by Gasteiger charge is -2.35. The molecule has 0 aliphatic carbocycles. The fourth-order valence-corrected chi connectivity index (χ4v) is 4.16. The van der Waals surface area contributed by atoms with Gasteiger partial charge in [-0.15, -0.1) is 0 Å². The van der Waals surface area contributed by atoms with Crippen LogP contribution in [0, 0.1) is 0 Å². The highest BCUT2D eigenvalue weighted by molar-refractivity contribution is 7.65. The normalized spacial score (nSPS) is 34.9. The minimum atomic E-state index is -2.86. The van der Waals surface area contributed by atoms with Crippen molar-refractivity contribution in [2.24, 2.45) is 0 Å². The minimum absolute atomic E-state index is 0.394. The van der Waals surface area contributed by atoms with Crippen molar-refractivity contribution in [1.29, 1.82) is 0 Å². The molecule has 2 unspecified atom stereocenters. The predicted octanol–water partition coefficient (Wildman–Crippen LogP) is 1.50. The molecule has 2 heterocycles. The van der Waals surface area contributed by atoms with Gasteiger partial charge in [0.2, 0.25) is 0 Å². The molecule has 1 aromatic carbocycles. The zero-order valence-electron chi connectivity index (χ0n) is 9.00. The predicted molar refractivity (Wildman–Crippen MR) is 62.5 cm³/mol. The molecule has 2 aliphatic heterocycles. The van der Waals surface area contributed by atoms with Crippen molar-refractivity contribution in [2.45, 2.75) is 18.9 Å². The van der Waals surface area contributed by atoms with Crippen LogP contribution in [-0.2, 0) is 9.09 Å². The summed E-state index contributed by atoms with van der Waals surface area (Å²) in [5.41, 5.74) is 0. The second-order valence-corrected chi connectivity index (χ2v) is 6.35. The number of nitrogens with one attached hydrogen (secondary N) is 1. The Morgan fingerprint density at radius 3 is 3.00 bits per heavy atom. The first-order valence-corrected chi connectivity index (χ1v) is 7.25. The van der Waals surface area contributed by atoms with E-state index in [9.17, 15) is 4.57 Å². The molecule has 3 rings (SSSR count). The van der Waals surface area contributed by atoms with Crippen molar-refractivity contribution in [2.75, 3.05) is 13.2 Å². The first kappa shape index (κ1) is 10.5. The fraction of sp³-hybridized carbons (Fsp3) is 0.455. The second-order valence-electron chi connectivity index (χ2n) is 4.27. The SMILES string of the molecule is O=P1(c2ccccc2)NN2CCCC2CO1. The molecule has 2 saturated heterocycles. The summed E-state index contributed by atoms with van der Waals surface area (Å²) in [5, 5.41) is 5.91. The fourth-order valence-electron chi connectivity index (χ4n) is 2.29. The van der Waals surface area contributed by atoms with Crippen LogP contribution in [0.15, 0.2) is 30.3 Å². The summed E-state index contributed by atoms with van der Waals surface area (Å²) < 4.78 is 18.2. The highest BCUT2D eigenvalue weighted by Crippen LogP contribution is 2.46. The van der Waals surface area contributed by atoms with Gasteiger partial charge in [0, 0.05) is 12.6 Å². The van der Waals surface area contributed by atoms with E-state index in [0.717, 1.165) is 24.7 Å². The van der Waals surface area contributed by atoms with Crippen LogP contribution in [0.3, 0.4) is 0 Å². The topological polar surface area (TPSA) is 41.6 Å². The van der Waals surface area contributed by atoms with Crippen LogP contribution in [0.25, 0.3) is 0 Å². The molecule has 0 bridgehead atoms. The maximum atomic E-state index is 12.6. The number of hydrazine groups is 1. The van der Waals surface area contributed by atoms with Crippen LogP contribution in [0.5, 0.6) is 0 Å². The summed E-state index contributed by atoms with van der Waals surface area (Å²) in [5.74, 6) is 0. The van der Waals surface area contributed by atoms with Crippen LogP contribution in [-0.4, -0.2) is 24.2 Å². The molecule has 0 saturated carbocycles. The number of rotatable bonds is 1. The van der Waals surface area contributed by atoms with Crippen LogP contribution < -0.4 is 10.5 Å². The molecule has 1 aromatic rings. The third-order valence-electron chi connectivity index (χ3n) is 3.18. The summed E-state index contributed by atoms with van der Waals surface area (Å²) in [6.45, 7) is 1.53. The van der Waals surface area contributed by atoms with Crippen LogP contribution in [0.2, 0.25) is 0 Å². The number of nitrogens with zero attached hydrogens (tertiary/aromatic N) is 1. The van der Waals surface area contributed by atoms with E-state index in [0.29, 0.717) is 12.6 Å². The number of benzene rings is 1. The zero-order valence-corrected chi connectivity index (χ0v) is 9.90. The summed E-state index contributed by atoms with van der Waals surface area (Å²) in [6.07, 6.45) is 2.28. The van der Waals surface area contributed by atoms with Gasteiger partial charge in [-0.05, 0) is 25.0 Å². The lowest BCUT2D eigenvalue weighted by molar-refractivity contribution is 0.108. The van der Waals surface area contributed by atoms with Gasteiger partial charge in [0.25, 0.3) is 0 Å². The van der Waals surface area contributed by atoms with Gasteiger partial charge in [0.15, 0.2) is 0 Å². The van der Waals surface area contributed by atoms with Crippen LogP contribution in [0.1, 0.15) is 12.8 Å². The van der Waals surface area contributed by atoms with Crippen LogP contribution in [0.4, 0.5) is 0 Å². The molecule has 0 spiro atoms. The van der Waals surface area contributed by atoms with Crippen molar-refractivity contribution < 1.29 is 9.09 Å². The van der Waals surface area contributed by atoms with E-state index in [2.05, 4.69) is 10.2 Å². The molecule has 16 heavy (non-hydrogen) atoms. The Hall–Kier alpha value is -0.670. The summed E-state index contributed by atoms with van der Waals surface area (Å²) in [6, 6.07) is 9.78. The smallest absolute Gasteiger partial charge is 0.312 e. The number of hydrogen-bond donors (Lipinski definition) is 1. The Balaban J connectivity index is 1.87. The van der Waals surface area contributed by atoms with Crippen molar-refractivity contribution in [3.8, 4) is 0 Å². The Morgan fingerprint density at radius 1 is 1.38 bits per heavy atom. The largest absolute Gasteiger partial charge is 0.313 e. The Morgan fingerprint density at radius 2 is 2.19 bits per heavy atom. The van der Waals surface area contributed by atoms with Crippen molar-refractivity contribution in [3.63, 3.8) is 0 Å². The highest BCUT2D eigenvalue weighted by atomic mass is 31.2. The lowest BCUT2D eigenvalue weighted by atomic mass is 10.2. The van der Waals surface area contributed by atoms with Crippen molar-refractivity contribution in [3.05, 3.63) is 30.3 Å². The lowest BCUT2D eigenvalue weighted by Crippen LogP contribution is -2.48. The molecule has 2 aliphatic rings. The standard InChI is InChI=1S/C11H15N2O2P/c14-16(11-6-2-1-3-7-11)12-13-8-4-5-10(13)9-15-16/h1-3,6-7,10H,4-5,8-9H2,(H,12,14). The molecule has 0 amide bonds. The zero-order chi connectivity index (χ0) is 11.0.